The van der Waals surface area contributed by atoms with Gasteiger partial charge in [0.2, 0.25) is 0 Å². The van der Waals surface area contributed by atoms with E-state index in [2.05, 4.69) is 22.4 Å². The number of benzene rings is 1. The minimum Gasteiger partial charge on any atom is -0.367 e. The summed E-state index contributed by atoms with van der Waals surface area (Å²) in [6.07, 6.45) is 11.3. The van der Waals surface area contributed by atoms with Crippen molar-refractivity contribution in [3.8, 4) is 11.4 Å². The minimum absolute atomic E-state index is 0.507. The molecule has 3 aromatic rings. The molecule has 1 aliphatic carbocycles. The molecule has 0 spiro atoms. The van der Waals surface area contributed by atoms with Gasteiger partial charge in [0.05, 0.1) is 5.52 Å². The summed E-state index contributed by atoms with van der Waals surface area (Å²) in [4.78, 5) is 13.8. The van der Waals surface area contributed by atoms with Crippen molar-refractivity contribution in [3.05, 3.63) is 48.8 Å². The second-order valence-corrected chi connectivity index (χ2v) is 6.49. The van der Waals surface area contributed by atoms with Crippen molar-refractivity contribution < 1.29 is 0 Å². The van der Waals surface area contributed by atoms with E-state index in [1.807, 2.05) is 30.5 Å². The highest BCUT2D eigenvalue weighted by molar-refractivity contribution is 5.90. The highest BCUT2D eigenvalue weighted by Crippen LogP contribution is 2.27. The summed E-state index contributed by atoms with van der Waals surface area (Å²) < 4.78 is 0. The van der Waals surface area contributed by atoms with E-state index in [9.17, 15) is 0 Å². The molecule has 4 rings (SSSR count). The summed E-state index contributed by atoms with van der Waals surface area (Å²) in [5, 5.41) is 4.79. The summed E-state index contributed by atoms with van der Waals surface area (Å²) in [7, 11) is 0. The van der Waals surface area contributed by atoms with Gasteiger partial charge in [0, 0.05) is 29.4 Å². The van der Waals surface area contributed by atoms with Gasteiger partial charge in [-0.1, -0.05) is 37.8 Å². The van der Waals surface area contributed by atoms with E-state index in [1.165, 1.54) is 38.5 Å². The van der Waals surface area contributed by atoms with Crippen molar-refractivity contribution in [2.75, 3.05) is 5.32 Å². The van der Waals surface area contributed by atoms with Crippen LogP contribution in [-0.2, 0) is 0 Å². The predicted octanol–water partition coefficient (Wildman–Crippen LogP) is 4.83. The second-order valence-electron chi connectivity index (χ2n) is 6.49. The monoisotopic (exact) mass is 318 g/mol. The maximum atomic E-state index is 4.83. The molecule has 4 heteroatoms. The number of nitrogens with zero attached hydrogens (tertiary/aromatic N) is 3. The van der Waals surface area contributed by atoms with E-state index in [4.69, 9.17) is 9.97 Å². The molecule has 1 saturated carbocycles. The molecule has 0 saturated heterocycles. The van der Waals surface area contributed by atoms with Crippen LogP contribution in [0.1, 0.15) is 38.5 Å². The first-order valence-corrected chi connectivity index (χ1v) is 8.84. The fraction of sp³-hybridized carbons (Fsp3) is 0.350. The standard InChI is InChI=1S/C20H22N4/c1-2-4-10-16(9-3-1)22-20-17-11-5-6-12-18(17)23-19(24-20)15-8-7-13-21-14-15/h5-8,11-14,16H,1-4,9-10H2,(H,22,23,24). The fourth-order valence-electron chi connectivity index (χ4n) is 3.43. The molecule has 0 radical (unpaired) electrons. The molecule has 0 aliphatic heterocycles. The van der Waals surface area contributed by atoms with Gasteiger partial charge in [-0.15, -0.1) is 0 Å². The van der Waals surface area contributed by atoms with Gasteiger partial charge in [-0.2, -0.15) is 0 Å². The molecule has 24 heavy (non-hydrogen) atoms. The van der Waals surface area contributed by atoms with E-state index < -0.39 is 0 Å². The molecule has 0 unspecified atom stereocenters. The Bertz CT molecular complexity index is 808. The predicted molar refractivity (Wildman–Crippen MR) is 97.9 cm³/mol. The van der Waals surface area contributed by atoms with Crippen molar-refractivity contribution in [1.82, 2.24) is 15.0 Å². The lowest BCUT2D eigenvalue weighted by Gasteiger charge is -2.18. The molecule has 1 fully saturated rings. The zero-order valence-corrected chi connectivity index (χ0v) is 13.8. The lowest BCUT2D eigenvalue weighted by Crippen LogP contribution is -2.19. The van der Waals surface area contributed by atoms with Crippen LogP contribution in [0.5, 0.6) is 0 Å². The topological polar surface area (TPSA) is 50.7 Å². The normalized spacial score (nSPS) is 16.0. The highest BCUT2D eigenvalue weighted by atomic mass is 15.1. The number of para-hydroxylation sites is 1. The van der Waals surface area contributed by atoms with Crippen LogP contribution >= 0.6 is 0 Å². The van der Waals surface area contributed by atoms with Crippen molar-refractivity contribution in [3.63, 3.8) is 0 Å². The van der Waals surface area contributed by atoms with E-state index in [1.54, 1.807) is 6.20 Å². The maximum absolute atomic E-state index is 4.83. The molecule has 1 aliphatic rings. The van der Waals surface area contributed by atoms with E-state index in [-0.39, 0.29) is 0 Å². The van der Waals surface area contributed by atoms with Gasteiger partial charge in [-0.3, -0.25) is 4.98 Å². The summed E-state index contributed by atoms with van der Waals surface area (Å²) in [6.45, 7) is 0. The average Bonchev–Trinajstić information content (AvgIpc) is 2.91. The number of aromatic nitrogens is 3. The van der Waals surface area contributed by atoms with Crippen molar-refractivity contribution in [2.45, 2.75) is 44.6 Å². The molecule has 2 aromatic heterocycles. The second kappa shape index (κ2) is 6.95. The van der Waals surface area contributed by atoms with Gasteiger partial charge in [0.1, 0.15) is 5.82 Å². The smallest absolute Gasteiger partial charge is 0.163 e. The third-order valence-electron chi connectivity index (χ3n) is 4.72. The van der Waals surface area contributed by atoms with E-state index in [0.717, 1.165) is 28.1 Å². The number of hydrogen-bond donors (Lipinski definition) is 1. The number of hydrogen-bond acceptors (Lipinski definition) is 4. The minimum atomic E-state index is 0.507. The SMILES string of the molecule is c1cncc(-c2nc(NC3CCCCCC3)c3ccccc3n2)c1. The van der Waals surface area contributed by atoms with Crippen LogP contribution in [0.15, 0.2) is 48.8 Å². The maximum Gasteiger partial charge on any atom is 0.163 e. The Morgan fingerprint density at radius 3 is 2.50 bits per heavy atom. The molecule has 122 valence electrons. The molecule has 1 aromatic carbocycles. The molecular weight excluding hydrogens is 296 g/mol. The van der Waals surface area contributed by atoms with Crippen molar-refractivity contribution in [1.29, 1.82) is 0 Å². The Labute approximate surface area is 142 Å². The van der Waals surface area contributed by atoms with Gasteiger partial charge in [0.25, 0.3) is 0 Å². The zero-order valence-electron chi connectivity index (χ0n) is 13.8. The van der Waals surface area contributed by atoms with Crippen LogP contribution in [0.2, 0.25) is 0 Å². The first-order valence-electron chi connectivity index (χ1n) is 8.84. The Balaban J connectivity index is 1.74. The van der Waals surface area contributed by atoms with Crippen molar-refractivity contribution >= 4 is 16.7 Å². The van der Waals surface area contributed by atoms with Crippen LogP contribution in [0.3, 0.4) is 0 Å². The quantitative estimate of drug-likeness (QED) is 0.703. The summed E-state index contributed by atoms with van der Waals surface area (Å²) in [6, 6.07) is 12.7. The third-order valence-corrected chi connectivity index (χ3v) is 4.72. The Hall–Kier alpha value is -2.49. The Kier molecular flexibility index (Phi) is 4.36. The number of nitrogens with one attached hydrogen (secondary N) is 1. The first-order chi connectivity index (χ1) is 11.9. The summed E-state index contributed by atoms with van der Waals surface area (Å²) >= 11 is 0. The number of anilines is 1. The number of fused-ring (bicyclic) bond motifs is 1. The van der Waals surface area contributed by atoms with E-state index in [0.29, 0.717) is 6.04 Å². The van der Waals surface area contributed by atoms with Crippen LogP contribution in [-0.4, -0.2) is 21.0 Å². The van der Waals surface area contributed by atoms with Gasteiger partial charge in [0.15, 0.2) is 5.82 Å². The van der Waals surface area contributed by atoms with Gasteiger partial charge in [-0.25, -0.2) is 9.97 Å². The first kappa shape index (κ1) is 15.1. The van der Waals surface area contributed by atoms with E-state index >= 15 is 0 Å². The van der Waals surface area contributed by atoms with Gasteiger partial charge < -0.3 is 5.32 Å². The zero-order chi connectivity index (χ0) is 16.2. The molecule has 0 amide bonds. The number of pyridine rings is 1. The largest absolute Gasteiger partial charge is 0.367 e. The van der Waals surface area contributed by atoms with Crippen LogP contribution in [0.25, 0.3) is 22.3 Å². The number of rotatable bonds is 3. The average molecular weight is 318 g/mol. The Morgan fingerprint density at radius 1 is 0.875 bits per heavy atom. The molecule has 0 bridgehead atoms. The molecule has 0 atom stereocenters. The summed E-state index contributed by atoms with van der Waals surface area (Å²) in [5.41, 5.74) is 1.93. The van der Waals surface area contributed by atoms with Crippen LogP contribution < -0.4 is 5.32 Å². The lowest BCUT2D eigenvalue weighted by molar-refractivity contribution is 0.618. The van der Waals surface area contributed by atoms with Crippen LogP contribution in [0.4, 0.5) is 5.82 Å². The van der Waals surface area contributed by atoms with Crippen LogP contribution in [0, 0.1) is 0 Å². The van der Waals surface area contributed by atoms with Gasteiger partial charge >= 0.3 is 0 Å². The molecule has 4 nitrogen and oxygen atoms in total. The third kappa shape index (κ3) is 3.23. The van der Waals surface area contributed by atoms with Gasteiger partial charge in [-0.05, 0) is 37.1 Å². The Morgan fingerprint density at radius 2 is 1.71 bits per heavy atom. The fourth-order valence-corrected chi connectivity index (χ4v) is 3.43. The lowest BCUT2D eigenvalue weighted by atomic mass is 10.1. The van der Waals surface area contributed by atoms with Crippen molar-refractivity contribution in [2.24, 2.45) is 0 Å². The molecule has 2 heterocycles. The molecular formula is C20H22N4. The highest BCUT2D eigenvalue weighted by Gasteiger charge is 2.15. The summed E-state index contributed by atoms with van der Waals surface area (Å²) in [5.74, 6) is 1.68. The molecule has 1 N–H and O–H groups in total.